The summed E-state index contributed by atoms with van der Waals surface area (Å²) in [5, 5.41) is 16.3. The van der Waals surface area contributed by atoms with Gasteiger partial charge in [-0.2, -0.15) is 0 Å². The number of nitrogens with one attached hydrogen (secondary N) is 1. The fourth-order valence-corrected chi connectivity index (χ4v) is 1.65. The first-order chi connectivity index (χ1) is 9.93. The quantitative estimate of drug-likeness (QED) is 0.332. The van der Waals surface area contributed by atoms with Crippen molar-refractivity contribution in [3.63, 3.8) is 0 Å². The van der Waals surface area contributed by atoms with Crippen LogP contribution in [0.1, 0.15) is 31.1 Å². The highest BCUT2D eigenvalue weighted by molar-refractivity contribution is 5.97. The van der Waals surface area contributed by atoms with E-state index in [0.29, 0.717) is 23.5 Å². The normalized spacial score (nSPS) is 11.9. The minimum atomic E-state index is -0.677. The van der Waals surface area contributed by atoms with E-state index >= 15 is 0 Å². The molecule has 0 fully saturated rings. The lowest BCUT2D eigenvalue weighted by atomic mass is 10.1. The third kappa shape index (κ3) is 5.83. The van der Waals surface area contributed by atoms with E-state index in [-0.39, 0.29) is 18.4 Å². The molecule has 1 rings (SSSR count). The van der Waals surface area contributed by atoms with Gasteiger partial charge < -0.3 is 15.2 Å². The molecular formula is C14H20N4O3. The van der Waals surface area contributed by atoms with E-state index in [4.69, 9.17) is 10.3 Å². The van der Waals surface area contributed by atoms with Crippen LogP contribution in [0, 0.1) is 0 Å². The number of azide groups is 1. The number of hydrogen-bond acceptors (Lipinski definition) is 5. The standard InChI is InChI=1S/C14H20N4O3/c1-9(2)16-7-12(20)8-21-14-5-4-11(17-18-15)6-13(14)10(3)19/h4-6,9,12,16,20H,7-8H2,1-3H3. The minimum absolute atomic E-state index is 0.0703. The van der Waals surface area contributed by atoms with Crippen molar-refractivity contribution in [3.05, 3.63) is 34.2 Å². The van der Waals surface area contributed by atoms with E-state index in [1.807, 2.05) is 13.8 Å². The number of aliphatic hydroxyl groups excluding tert-OH is 1. The van der Waals surface area contributed by atoms with E-state index < -0.39 is 6.10 Å². The highest BCUT2D eigenvalue weighted by Crippen LogP contribution is 2.25. The maximum absolute atomic E-state index is 11.6. The molecule has 0 saturated heterocycles. The van der Waals surface area contributed by atoms with Crippen LogP contribution < -0.4 is 10.1 Å². The molecule has 0 bridgehead atoms. The molecule has 0 amide bonds. The molecule has 114 valence electrons. The summed E-state index contributed by atoms with van der Waals surface area (Å²) < 4.78 is 5.48. The summed E-state index contributed by atoms with van der Waals surface area (Å²) >= 11 is 0. The number of hydrogen-bond donors (Lipinski definition) is 2. The van der Waals surface area contributed by atoms with Crippen molar-refractivity contribution < 1.29 is 14.6 Å². The molecule has 0 aliphatic heterocycles. The molecule has 1 unspecified atom stereocenters. The van der Waals surface area contributed by atoms with Gasteiger partial charge in [-0.05, 0) is 30.7 Å². The largest absolute Gasteiger partial charge is 0.490 e. The van der Waals surface area contributed by atoms with E-state index in [1.54, 1.807) is 12.1 Å². The molecule has 0 aromatic heterocycles. The Balaban J connectivity index is 2.74. The summed E-state index contributed by atoms with van der Waals surface area (Å²) in [5.74, 6) is 0.165. The van der Waals surface area contributed by atoms with Crippen LogP contribution >= 0.6 is 0 Å². The lowest BCUT2D eigenvalue weighted by Crippen LogP contribution is -2.35. The zero-order chi connectivity index (χ0) is 15.8. The highest BCUT2D eigenvalue weighted by atomic mass is 16.5. The van der Waals surface area contributed by atoms with Gasteiger partial charge in [0.1, 0.15) is 18.5 Å². The molecule has 1 aromatic rings. The molecule has 21 heavy (non-hydrogen) atoms. The van der Waals surface area contributed by atoms with E-state index in [9.17, 15) is 9.90 Å². The maximum atomic E-state index is 11.6. The number of benzene rings is 1. The van der Waals surface area contributed by atoms with Gasteiger partial charge in [-0.25, -0.2) is 0 Å². The number of ether oxygens (including phenoxy) is 1. The topological polar surface area (TPSA) is 107 Å². The summed E-state index contributed by atoms with van der Waals surface area (Å²) in [6.45, 7) is 5.84. The van der Waals surface area contributed by atoms with Gasteiger partial charge in [-0.15, -0.1) is 0 Å². The number of Topliss-reactive ketones (excluding diaryl/α,β-unsaturated/α-hetero) is 1. The molecule has 0 saturated carbocycles. The van der Waals surface area contributed by atoms with Gasteiger partial charge in [0, 0.05) is 23.2 Å². The van der Waals surface area contributed by atoms with Crippen molar-refractivity contribution in [2.45, 2.75) is 32.9 Å². The molecule has 0 spiro atoms. The second kappa shape index (κ2) is 8.26. The van der Waals surface area contributed by atoms with Crippen molar-refractivity contribution >= 4 is 11.5 Å². The molecular weight excluding hydrogens is 272 g/mol. The minimum Gasteiger partial charge on any atom is -0.490 e. The lowest BCUT2D eigenvalue weighted by molar-refractivity contribution is 0.0968. The monoisotopic (exact) mass is 292 g/mol. The zero-order valence-corrected chi connectivity index (χ0v) is 12.4. The van der Waals surface area contributed by atoms with Crippen LogP contribution in [0.4, 0.5) is 5.69 Å². The number of ketones is 1. The fraction of sp³-hybridized carbons (Fsp3) is 0.500. The molecule has 0 aliphatic carbocycles. The van der Waals surface area contributed by atoms with E-state index in [1.165, 1.54) is 13.0 Å². The van der Waals surface area contributed by atoms with Crippen LogP contribution in [0.2, 0.25) is 0 Å². The van der Waals surface area contributed by atoms with Gasteiger partial charge in [0.2, 0.25) is 0 Å². The SMILES string of the molecule is CC(=O)c1cc(N=[N+]=[N-])ccc1OCC(O)CNC(C)C. The first-order valence-corrected chi connectivity index (χ1v) is 6.68. The molecule has 1 aromatic carbocycles. The van der Waals surface area contributed by atoms with Gasteiger partial charge in [-0.1, -0.05) is 19.0 Å². The zero-order valence-electron chi connectivity index (χ0n) is 12.4. The molecule has 2 N–H and O–H groups in total. The second-order valence-corrected chi connectivity index (χ2v) is 4.95. The number of carbonyl (C=O) groups is 1. The third-order valence-electron chi connectivity index (χ3n) is 2.70. The predicted octanol–water partition coefficient (Wildman–Crippen LogP) is 2.57. The van der Waals surface area contributed by atoms with Gasteiger partial charge in [0.15, 0.2) is 5.78 Å². The van der Waals surface area contributed by atoms with Gasteiger partial charge >= 0.3 is 0 Å². The van der Waals surface area contributed by atoms with E-state index in [2.05, 4.69) is 15.3 Å². The second-order valence-electron chi connectivity index (χ2n) is 4.95. The van der Waals surface area contributed by atoms with Crippen LogP contribution in [0.5, 0.6) is 5.75 Å². The van der Waals surface area contributed by atoms with Crippen LogP contribution in [0.3, 0.4) is 0 Å². The Kier molecular flexibility index (Phi) is 6.68. The van der Waals surface area contributed by atoms with Crippen LogP contribution in [-0.4, -0.2) is 36.2 Å². The Morgan fingerprint density at radius 3 is 2.81 bits per heavy atom. The Bertz CT molecular complexity index is 539. The Morgan fingerprint density at radius 1 is 1.52 bits per heavy atom. The van der Waals surface area contributed by atoms with Crippen LogP contribution in [0.25, 0.3) is 10.4 Å². The fourth-order valence-electron chi connectivity index (χ4n) is 1.65. The summed E-state index contributed by atoms with van der Waals surface area (Å²) in [4.78, 5) is 14.3. The Hall–Kier alpha value is -2.08. The van der Waals surface area contributed by atoms with Crippen molar-refractivity contribution in [2.75, 3.05) is 13.2 Å². The first-order valence-electron chi connectivity index (χ1n) is 6.68. The average molecular weight is 292 g/mol. The van der Waals surface area contributed by atoms with Crippen LogP contribution in [-0.2, 0) is 0 Å². The first kappa shape index (κ1) is 17.0. The number of carbonyl (C=O) groups excluding carboxylic acids is 1. The molecule has 7 heteroatoms. The Labute approximate surface area is 123 Å². The number of aliphatic hydroxyl groups is 1. The molecule has 0 radical (unpaired) electrons. The molecule has 7 nitrogen and oxygen atoms in total. The molecule has 1 atom stereocenters. The smallest absolute Gasteiger partial charge is 0.163 e. The summed E-state index contributed by atoms with van der Waals surface area (Å²) in [7, 11) is 0. The summed E-state index contributed by atoms with van der Waals surface area (Å²) in [6.07, 6.45) is -0.677. The van der Waals surface area contributed by atoms with Crippen molar-refractivity contribution in [2.24, 2.45) is 5.11 Å². The molecule has 0 aliphatic rings. The molecule has 0 heterocycles. The summed E-state index contributed by atoms with van der Waals surface area (Å²) in [6, 6.07) is 4.86. The van der Waals surface area contributed by atoms with Crippen molar-refractivity contribution in [1.29, 1.82) is 0 Å². The van der Waals surface area contributed by atoms with Gasteiger partial charge in [0.05, 0.1) is 5.56 Å². The number of rotatable bonds is 8. The predicted molar refractivity (Wildman–Crippen MR) is 79.9 cm³/mol. The third-order valence-corrected chi connectivity index (χ3v) is 2.70. The van der Waals surface area contributed by atoms with Crippen LogP contribution in [0.15, 0.2) is 23.3 Å². The van der Waals surface area contributed by atoms with E-state index in [0.717, 1.165) is 0 Å². The van der Waals surface area contributed by atoms with Crippen molar-refractivity contribution in [3.8, 4) is 5.75 Å². The highest BCUT2D eigenvalue weighted by Gasteiger charge is 2.12. The lowest BCUT2D eigenvalue weighted by Gasteiger charge is -2.16. The summed E-state index contributed by atoms with van der Waals surface area (Å²) in [5.41, 5.74) is 9.07. The average Bonchev–Trinajstić information content (AvgIpc) is 2.43. The van der Waals surface area contributed by atoms with Gasteiger partial charge in [0.25, 0.3) is 0 Å². The Morgan fingerprint density at radius 2 is 2.24 bits per heavy atom. The van der Waals surface area contributed by atoms with Gasteiger partial charge in [-0.3, -0.25) is 4.79 Å². The number of nitrogens with zero attached hydrogens (tertiary/aromatic N) is 3. The maximum Gasteiger partial charge on any atom is 0.163 e. The van der Waals surface area contributed by atoms with Crippen molar-refractivity contribution in [1.82, 2.24) is 5.32 Å².